The van der Waals surface area contributed by atoms with E-state index < -0.39 is 5.97 Å². The summed E-state index contributed by atoms with van der Waals surface area (Å²) in [5.41, 5.74) is 5.42. The number of benzene rings is 2. The Morgan fingerprint density at radius 1 is 1.19 bits per heavy atom. The average molecular weight is 352 g/mol. The lowest BCUT2D eigenvalue weighted by atomic mass is 9.76. The van der Waals surface area contributed by atoms with E-state index in [0.29, 0.717) is 11.6 Å². The predicted octanol–water partition coefficient (Wildman–Crippen LogP) is 4.89. The molecule has 1 heterocycles. The zero-order valence-corrected chi connectivity index (χ0v) is 16.0. The van der Waals surface area contributed by atoms with Crippen LogP contribution in [0.15, 0.2) is 42.5 Å². The van der Waals surface area contributed by atoms with Crippen molar-refractivity contribution in [1.29, 1.82) is 0 Å². The summed E-state index contributed by atoms with van der Waals surface area (Å²) >= 11 is 0. The van der Waals surface area contributed by atoms with Crippen LogP contribution >= 0.6 is 0 Å². The first-order valence-electron chi connectivity index (χ1n) is 9.25. The second kappa shape index (κ2) is 7.02. The topological polar surface area (TPSA) is 52.6 Å². The van der Waals surface area contributed by atoms with E-state index in [0.717, 1.165) is 25.2 Å². The third-order valence-electron chi connectivity index (χ3n) is 5.33. The molecule has 2 N–H and O–H groups in total. The van der Waals surface area contributed by atoms with Crippen molar-refractivity contribution in [3.05, 3.63) is 59.2 Å². The summed E-state index contributed by atoms with van der Waals surface area (Å²) in [6, 6.07) is 14.1. The molecule has 4 heteroatoms. The van der Waals surface area contributed by atoms with Gasteiger partial charge >= 0.3 is 5.97 Å². The van der Waals surface area contributed by atoms with Gasteiger partial charge in [-0.1, -0.05) is 26.0 Å². The van der Waals surface area contributed by atoms with Gasteiger partial charge in [-0.2, -0.15) is 0 Å². The maximum absolute atomic E-state index is 10.9. The molecule has 0 bridgehead atoms. The number of carboxylic acid groups (broad SMARTS) is 1. The van der Waals surface area contributed by atoms with E-state index >= 15 is 0 Å². The summed E-state index contributed by atoms with van der Waals surface area (Å²) in [5.74, 6) is -0.900. The van der Waals surface area contributed by atoms with E-state index in [4.69, 9.17) is 5.11 Å². The second-order valence-corrected chi connectivity index (χ2v) is 8.01. The molecule has 0 unspecified atom stereocenters. The number of aromatic carboxylic acids is 1. The number of carboxylic acids is 1. The molecule has 0 aromatic heterocycles. The SMILES string of the molecule is CC(C)N1CCC(C)(C)c2cc(CNc3ccc(C(=O)O)cc3)ccc21. The van der Waals surface area contributed by atoms with Crippen LogP contribution in [0.2, 0.25) is 0 Å². The lowest BCUT2D eigenvalue weighted by molar-refractivity contribution is 0.0697. The number of nitrogens with one attached hydrogen (secondary N) is 1. The summed E-state index contributed by atoms with van der Waals surface area (Å²) in [7, 11) is 0. The molecule has 0 saturated heterocycles. The Hall–Kier alpha value is -2.49. The summed E-state index contributed by atoms with van der Waals surface area (Å²) in [6.45, 7) is 11.0. The van der Waals surface area contributed by atoms with Crippen molar-refractivity contribution in [2.24, 2.45) is 0 Å². The Bertz CT molecular complexity index is 794. The van der Waals surface area contributed by atoms with Crippen molar-refractivity contribution in [3.8, 4) is 0 Å². The monoisotopic (exact) mass is 352 g/mol. The summed E-state index contributed by atoms with van der Waals surface area (Å²) < 4.78 is 0. The lowest BCUT2D eigenvalue weighted by Crippen LogP contribution is -2.41. The van der Waals surface area contributed by atoms with Crippen LogP contribution < -0.4 is 10.2 Å². The second-order valence-electron chi connectivity index (χ2n) is 8.01. The summed E-state index contributed by atoms with van der Waals surface area (Å²) in [4.78, 5) is 13.4. The molecule has 0 aliphatic carbocycles. The van der Waals surface area contributed by atoms with Crippen molar-refractivity contribution in [2.75, 3.05) is 16.8 Å². The summed E-state index contributed by atoms with van der Waals surface area (Å²) in [6.07, 6.45) is 1.16. The molecule has 0 amide bonds. The minimum atomic E-state index is -0.900. The minimum absolute atomic E-state index is 0.180. The van der Waals surface area contributed by atoms with Gasteiger partial charge in [0, 0.05) is 30.5 Å². The number of hydrogen-bond donors (Lipinski definition) is 2. The van der Waals surface area contributed by atoms with Crippen molar-refractivity contribution >= 4 is 17.3 Å². The average Bonchev–Trinajstić information content (AvgIpc) is 2.60. The standard InChI is InChI=1S/C22H28N2O2/c1-15(2)24-12-11-22(3,4)19-13-16(5-10-20(19)24)14-23-18-8-6-17(7-9-18)21(25)26/h5-10,13,15,23H,11-12,14H2,1-4H3,(H,25,26). The van der Waals surface area contributed by atoms with E-state index in [1.54, 1.807) is 12.1 Å². The zero-order valence-electron chi connectivity index (χ0n) is 16.0. The molecule has 0 atom stereocenters. The molecule has 0 spiro atoms. The maximum atomic E-state index is 10.9. The van der Waals surface area contributed by atoms with Crippen LogP contribution in [-0.4, -0.2) is 23.7 Å². The van der Waals surface area contributed by atoms with Crippen molar-refractivity contribution in [3.63, 3.8) is 0 Å². The Morgan fingerprint density at radius 2 is 1.88 bits per heavy atom. The minimum Gasteiger partial charge on any atom is -0.478 e. The number of rotatable bonds is 5. The fraction of sp³-hybridized carbons (Fsp3) is 0.409. The number of anilines is 2. The number of nitrogens with zero attached hydrogens (tertiary/aromatic N) is 1. The van der Waals surface area contributed by atoms with Gasteiger partial charge in [0.1, 0.15) is 0 Å². The molecule has 3 rings (SSSR count). The molecule has 4 nitrogen and oxygen atoms in total. The molecule has 1 aliphatic rings. The number of fused-ring (bicyclic) bond motifs is 1. The third kappa shape index (κ3) is 3.69. The van der Waals surface area contributed by atoms with Gasteiger partial charge in [-0.3, -0.25) is 0 Å². The van der Waals surface area contributed by atoms with Gasteiger partial charge in [0.05, 0.1) is 5.56 Å². The van der Waals surface area contributed by atoms with Crippen LogP contribution in [0.4, 0.5) is 11.4 Å². The molecule has 138 valence electrons. The smallest absolute Gasteiger partial charge is 0.335 e. The molecule has 2 aromatic carbocycles. The fourth-order valence-corrected chi connectivity index (χ4v) is 3.61. The van der Waals surface area contributed by atoms with E-state index in [1.807, 2.05) is 12.1 Å². The normalized spacial score (nSPS) is 15.7. The van der Waals surface area contributed by atoms with E-state index in [2.05, 4.69) is 56.1 Å². The number of carbonyl (C=O) groups is 1. The van der Waals surface area contributed by atoms with Gasteiger partial charge in [0.2, 0.25) is 0 Å². The van der Waals surface area contributed by atoms with Crippen LogP contribution in [0.1, 0.15) is 55.6 Å². The van der Waals surface area contributed by atoms with Crippen molar-refractivity contribution < 1.29 is 9.90 Å². The van der Waals surface area contributed by atoms with E-state index in [9.17, 15) is 4.79 Å². The van der Waals surface area contributed by atoms with Crippen molar-refractivity contribution in [1.82, 2.24) is 0 Å². The first-order valence-corrected chi connectivity index (χ1v) is 9.25. The van der Waals surface area contributed by atoms with Gasteiger partial charge in [0.25, 0.3) is 0 Å². The van der Waals surface area contributed by atoms with Crippen LogP contribution in [0.3, 0.4) is 0 Å². The highest BCUT2D eigenvalue weighted by atomic mass is 16.4. The maximum Gasteiger partial charge on any atom is 0.335 e. The van der Waals surface area contributed by atoms with Gasteiger partial charge in [-0.15, -0.1) is 0 Å². The molecule has 1 aliphatic heterocycles. The predicted molar refractivity (Wildman–Crippen MR) is 107 cm³/mol. The van der Waals surface area contributed by atoms with Crippen LogP contribution in [-0.2, 0) is 12.0 Å². The fourth-order valence-electron chi connectivity index (χ4n) is 3.61. The molecular formula is C22H28N2O2. The van der Waals surface area contributed by atoms with Crippen LogP contribution in [0, 0.1) is 0 Å². The van der Waals surface area contributed by atoms with Crippen molar-refractivity contribution in [2.45, 2.75) is 52.1 Å². The largest absolute Gasteiger partial charge is 0.478 e. The van der Waals surface area contributed by atoms with E-state index in [-0.39, 0.29) is 5.41 Å². The highest BCUT2D eigenvalue weighted by molar-refractivity contribution is 5.88. The van der Waals surface area contributed by atoms with Gasteiger partial charge in [-0.25, -0.2) is 4.79 Å². The molecule has 0 fully saturated rings. The molecule has 2 aromatic rings. The molecule has 26 heavy (non-hydrogen) atoms. The highest BCUT2D eigenvalue weighted by Crippen LogP contribution is 2.40. The Morgan fingerprint density at radius 3 is 2.50 bits per heavy atom. The Kier molecular flexibility index (Phi) is 4.94. The van der Waals surface area contributed by atoms with Crippen LogP contribution in [0.5, 0.6) is 0 Å². The first-order chi connectivity index (χ1) is 12.3. The number of hydrogen-bond acceptors (Lipinski definition) is 3. The van der Waals surface area contributed by atoms with E-state index in [1.165, 1.54) is 16.8 Å². The first kappa shape index (κ1) is 18.3. The molecule has 0 radical (unpaired) electrons. The Balaban J connectivity index is 1.78. The van der Waals surface area contributed by atoms with Gasteiger partial charge < -0.3 is 15.3 Å². The van der Waals surface area contributed by atoms with Crippen LogP contribution in [0.25, 0.3) is 0 Å². The molecule has 0 saturated carbocycles. The zero-order chi connectivity index (χ0) is 18.9. The van der Waals surface area contributed by atoms with Gasteiger partial charge in [0.15, 0.2) is 0 Å². The van der Waals surface area contributed by atoms with Gasteiger partial charge in [-0.05, 0) is 67.1 Å². The Labute approximate surface area is 155 Å². The molecular weight excluding hydrogens is 324 g/mol. The third-order valence-corrected chi connectivity index (χ3v) is 5.33. The highest BCUT2D eigenvalue weighted by Gasteiger charge is 2.32. The lowest BCUT2D eigenvalue weighted by Gasteiger charge is -2.42. The quantitative estimate of drug-likeness (QED) is 0.804. The summed E-state index contributed by atoms with van der Waals surface area (Å²) in [5, 5.41) is 12.4.